The van der Waals surface area contributed by atoms with Crippen LogP contribution >= 0.6 is 49.0 Å². The molecule has 2 heterocycles. The minimum Gasteiger partial charge on any atom is -0.543 e. The van der Waals surface area contributed by atoms with Gasteiger partial charge in [0.15, 0.2) is 0 Å². The fourth-order valence-corrected chi connectivity index (χ4v) is 5.88. The molecule has 2 aromatic rings. The van der Waals surface area contributed by atoms with Crippen LogP contribution in [0.3, 0.4) is 0 Å². The second-order valence-electron chi connectivity index (χ2n) is 7.13. The van der Waals surface area contributed by atoms with Crippen molar-refractivity contribution in [1.82, 2.24) is 10.2 Å². The van der Waals surface area contributed by atoms with Gasteiger partial charge in [-0.3, -0.25) is 14.5 Å². The van der Waals surface area contributed by atoms with Crippen LogP contribution in [-0.2, 0) is 14.4 Å². The number of ether oxygens (including phenoxy) is 1. The van der Waals surface area contributed by atoms with Crippen molar-refractivity contribution in [1.29, 1.82) is 0 Å². The molecule has 1 fully saturated rings. The number of carbonyl (C=O) groups excluding carboxylic acids is 3. The fourth-order valence-electron chi connectivity index (χ4n) is 3.47. The van der Waals surface area contributed by atoms with E-state index in [1.54, 1.807) is 36.4 Å². The van der Waals surface area contributed by atoms with Gasteiger partial charge in [0.25, 0.3) is 11.8 Å². The molecular weight excluding hydrogens is 571 g/mol. The molecule has 1 unspecified atom stereocenters. The topological polar surface area (TPSA) is 98.8 Å². The van der Waals surface area contributed by atoms with Crippen LogP contribution in [0.4, 0.5) is 0 Å². The summed E-state index contributed by atoms with van der Waals surface area (Å²) in [6.07, 6.45) is 0. The van der Waals surface area contributed by atoms with Gasteiger partial charge in [-0.25, -0.2) is 0 Å². The maximum Gasteiger partial charge on any atom is 1.00 e. The Kier molecular flexibility index (Phi) is 9.67. The van der Waals surface area contributed by atoms with E-state index in [2.05, 4.69) is 20.1 Å². The van der Waals surface area contributed by atoms with Gasteiger partial charge in [-0.15, -0.1) is 11.8 Å². The normalized spacial score (nSPS) is 18.9. The Labute approximate surface area is 239 Å². The maximum atomic E-state index is 12.8. The van der Waals surface area contributed by atoms with Crippen molar-refractivity contribution in [3.05, 3.63) is 71.4 Å². The zero-order chi connectivity index (χ0) is 23.5. The summed E-state index contributed by atoms with van der Waals surface area (Å²) in [7, 11) is 1.42. The minimum atomic E-state index is -1.46. The molecule has 2 aliphatic heterocycles. The van der Waals surface area contributed by atoms with Crippen LogP contribution in [0.2, 0.25) is 0 Å². The number of halogens is 1. The molecule has 0 aliphatic carbocycles. The average Bonchev–Trinajstić information content (AvgIpc) is 2.85. The summed E-state index contributed by atoms with van der Waals surface area (Å²) < 4.78 is 5.73. The Hall–Kier alpha value is -1.34. The van der Waals surface area contributed by atoms with Crippen LogP contribution in [0.1, 0.15) is 5.56 Å². The van der Waals surface area contributed by atoms with Crippen molar-refractivity contribution >= 4 is 71.6 Å². The number of hydrogen-bond donors (Lipinski definition) is 1. The first kappa shape index (κ1) is 27.3. The summed E-state index contributed by atoms with van der Waals surface area (Å²) >= 11 is 9.87. The number of carbonyl (C=O) groups is 3. The molecule has 0 bridgehead atoms. The Morgan fingerprint density at radius 3 is 2.50 bits per heavy atom. The van der Waals surface area contributed by atoms with Crippen molar-refractivity contribution in [2.24, 2.45) is 0 Å². The summed E-state index contributed by atoms with van der Waals surface area (Å²) in [5.41, 5.74) is 0.808. The average molecular weight is 587 g/mol. The van der Waals surface area contributed by atoms with Gasteiger partial charge in [-0.05, 0) is 54.8 Å². The molecule has 1 N–H and O–H groups in total. The summed E-state index contributed by atoms with van der Waals surface area (Å²) in [5.74, 6) is -1.63. The minimum absolute atomic E-state index is 0. The molecule has 170 valence electrons. The number of amides is 2. The van der Waals surface area contributed by atoms with Gasteiger partial charge >= 0.3 is 29.6 Å². The number of hydrogen-bond acceptors (Lipinski definition) is 8. The molecule has 7 nitrogen and oxygen atoms in total. The van der Waals surface area contributed by atoms with E-state index >= 15 is 0 Å². The fraction of sp³-hybridized carbons (Fsp3) is 0.182. The first-order valence-electron chi connectivity index (χ1n) is 9.70. The monoisotopic (exact) mass is 586 g/mol. The number of nitrogens with one attached hydrogen (secondary N) is 1. The number of thioether (sulfide) groups is 1. The Morgan fingerprint density at radius 1 is 1.21 bits per heavy atom. The third kappa shape index (κ3) is 5.72. The predicted molar refractivity (Wildman–Crippen MR) is 132 cm³/mol. The molecule has 34 heavy (non-hydrogen) atoms. The van der Waals surface area contributed by atoms with Crippen molar-refractivity contribution in [2.75, 3.05) is 12.4 Å². The third-order valence-electron chi connectivity index (χ3n) is 5.10. The van der Waals surface area contributed by atoms with Gasteiger partial charge in [0, 0.05) is 16.2 Å². The summed E-state index contributed by atoms with van der Waals surface area (Å²) in [6.45, 7) is 0.00271. The number of carboxylic acid groups (broad SMARTS) is 1. The largest absolute Gasteiger partial charge is 1.00 e. The van der Waals surface area contributed by atoms with E-state index in [-0.39, 0.29) is 46.7 Å². The first-order chi connectivity index (χ1) is 15.9. The molecule has 1 saturated heterocycles. The second-order valence-corrected chi connectivity index (χ2v) is 10.2. The Balaban J connectivity index is 0.00000324. The third-order valence-corrected chi connectivity index (χ3v) is 8.43. The van der Waals surface area contributed by atoms with E-state index in [4.69, 9.17) is 17.0 Å². The number of rotatable bonds is 8. The van der Waals surface area contributed by atoms with E-state index in [9.17, 15) is 19.5 Å². The number of carboxylic acids is 1. The maximum absolute atomic E-state index is 12.8. The van der Waals surface area contributed by atoms with E-state index < -0.39 is 29.2 Å². The molecule has 2 aromatic carbocycles. The Bertz CT molecular complexity index is 1150. The van der Waals surface area contributed by atoms with E-state index in [0.717, 1.165) is 9.80 Å². The molecule has 2 aliphatic rings. The Morgan fingerprint density at radius 2 is 1.88 bits per heavy atom. The van der Waals surface area contributed by atoms with Crippen LogP contribution in [0.5, 0.6) is 5.75 Å². The van der Waals surface area contributed by atoms with Crippen LogP contribution < -0.4 is 44.7 Å². The van der Waals surface area contributed by atoms with Gasteiger partial charge in [0.1, 0.15) is 28.6 Å². The van der Waals surface area contributed by atoms with Crippen LogP contribution in [0.25, 0.3) is 0 Å². The van der Waals surface area contributed by atoms with E-state index in [1.807, 2.05) is 18.2 Å². The number of β-lactam (4-membered cyclic amide) rings is 1. The van der Waals surface area contributed by atoms with Gasteiger partial charge < -0.3 is 20.0 Å². The van der Waals surface area contributed by atoms with Crippen molar-refractivity contribution in [3.8, 4) is 5.75 Å². The van der Waals surface area contributed by atoms with Crippen LogP contribution in [0.15, 0.2) is 70.8 Å². The molecule has 0 saturated carbocycles. The van der Waals surface area contributed by atoms with Gasteiger partial charge in [0.2, 0.25) is 0 Å². The standard InChI is InChI=1S/C22H17BrN2O5S3.Na/c23-33-15-8-6-14(7-9-15)30-10-13-11-32-21-16(20(27)25(21)17(13)22(28)29)24-19(26)18(31)12-4-2-1-3-5-12;/h1-9,16,21H,10-11H2,(H,24,26)(H,28,29);/q;+1/p-1/t16?,21-;/m0./s1. The molecule has 12 heteroatoms. The molecule has 2 atom stereocenters. The molecule has 0 aromatic heterocycles. The van der Waals surface area contributed by atoms with Crippen molar-refractivity contribution in [3.63, 3.8) is 0 Å². The number of fused-ring (bicyclic) bond motifs is 1. The van der Waals surface area contributed by atoms with Gasteiger partial charge in [-0.2, -0.15) is 0 Å². The smallest absolute Gasteiger partial charge is 0.543 e. The summed E-state index contributed by atoms with van der Waals surface area (Å²) in [4.78, 5) is 39.4. The van der Waals surface area contributed by atoms with E-state index in [1.165, 1.54) is 22.0 Å². The summed E-state index contributed by atoms with van der Waals surface area (Å²) in [6, 6.07) is 15.2. The molecule has 4 rings (SSSR count). The van der Waals surface area contributed by atoms with Crippen molar-refractivity contribution < 1.29 is 53.8 Å². The second kappa shape index (κ2) is 12.1. The number of thiocarbonyl (C=S) groups is 1. The summed E-state index contributed by atoms with van der Waals surface area (Å²) in [5, 5.41) is 14.0. The first-order valence-corrected chi connectivity index (χ1v) is 13.8. The van der Waals surface area contributed by atoms with Gasteiger partial charge in [0.05, 0.1) is 11.7 Å². The number of aliphatic carboxylic acids is 1. The number of nitrogens with zero attached hydrogens (tertiary/aromatic N) is 1. The molecule has 2 amide bonds. The van der Waals surface area contributed by atoms with Crippen LogP contribution in [-0.4, -0.2) is 51.3 Å². The molecule has 0 spiro atoms. The van der Waals surface area contributed by atoms with Crippen molar-refractivity contribution in [2.45, 2.75) is 16.3 Å². The zero-order valence-corrected chi connectivity index (χ0v) is 23.9. The zero-order valence-electron chi connectivity index (χ0n) is 17.9. The number of benzene rings is 2. The molecule has 0 radical (unpaired) electrons. The van der Waals surface area contributed by atoms with Gasteiger partial charge in [-0.1, -0.05) is 42.5 Å². The van der Waals surface area contributed by atoms with E-state index in [0.29, 0.717) is 22.6 Å². The quantitative estimate of drug-likeness (QED) is 0.188. The molecular formula is C22H16BrN2NaO5S3. The van der Waals surface area contributed by atoms with Crippen LogP contribution in [0, 0.1) is 0 Å². The predicted octanol–water partition coefficient (Wildman–Crippen LogP) is -0.706. The SMILES string of the molecule is O=C([O-])C1=C(COc2ccc(SBr)cc2)CS[C@H]2C(NC(=O)C(=S)c3ccccc3)C(=O)N12.[Na+].